The molecular formula is C15H17F2N3O4. The Kier molecular flexibility index (Phi) is 4.72. The summed E-state index contributed by atoms with van der Waals surface area (Å²) in [6.45, 7) is 4.70. The highest BCUT2D eigenvalue weighted by atomic mass is 19.2. The van der Waals surface area contributed by atoms with Gasteiger partial charge in [0, 0.05) is 12.1 Å². The van der Waals surface area contributed by atoms with Crippen molar-refractivity contribution in [1.82, 2.24) is 14.9 Å². The van der Waals surface area contributed by atoms with Gasteiger partial charge in [0.2, 0.25) is 0 Å². The molecule has 1 unspecified atom stereocenters. The van der Waals surface area contributed by atoms with Crippen molar-refractivity contribution in [3.8, 4) is 0 Å². The van der Waals surface area contributed by atoms with Crippen molar-refractivity contribution in [1.29, 1.82) is 0 Å². The van der Waals surface area contributed by atoms with Crippen LogP contribution in [-0.4, -0.2) is 38.4 Å². The van der Waals surface area contributed by atoms with Gasteiger partial charge in [-0.3, -0.25) is 0 Å². The van der Waals surface area contributed by atoms with Crippen molar-refractivity contribution in [2.24, 2.45) is 0 Å². The molecule has 7 nitrogen and oxygen atoms in total. The second-order valence-corrected chi connectivity index (χ2v) is 6.19. The zero-order valence-electron chi connectivity index (χ0n) is 13.3. The Morgan fingerprint density at radius 3 is 2.54 bits per heavy atom. The molecule has 0 bridgehead atoms. The standard InChI is InChI=1S/C15H17F2N3O4/c1-15(2,3)24-14(23)19-11(13(21)22)6-20-7-18-10-4-8(16)9(17)5-12(10)20/h4-5,7,11H,6H2,1-3H3,(H,19,23)(H,21,22). The first kappa shape index (κ1) is 17.6. The normalized spacial score (nSPS) is 12.9. The fourth-order valence-corrected chi connectivity index (χ4v) is 2.03. The van der Waals surface area contributed by atoms with E-state index in [0.29, 0.717) is 0 Å². The summed E-state index contributed by atoms with van der Waals surface area (Å²) in [6, 6.07) is 0.507. The summed E-state index contributed by atoms with van der Waals surface area (Å²) in [5.74, 6) is -3.42. The van der Waals surface area contributed by atoms with Crippen LogP contribution in [0.5, 0.6) is 0 Å². The van der Waals surface area contributed by atoms with Gasteiger partial charge >= 0.3 is 12.1 Å². The van der Waals surface area contributed by atoms with Crippen LogP contribution >= 0.6 is 0 Å². The molecule has 1 amide bonds. The highest BCUT2D eigenvalue weighted by molar-refractivity contribution is 5.80. The minimum atomic E-state index is -1.33. The van der Waals surface area contributed by atoms with Crippen LogP contribution in [0.3, 0.4) is 0 Å². The van der Waals surface area contributed by atoms with Crippen LogP contribution in [0, 0.1) is 11.6 Å². The van der Waals surface area contributed by atoms with Crippen LogP contribution in [0.2, 0.25) is 0 Å². The number of aromatic nitrogens is 2. The molecule has 24 heavy (non-hydrogen) atoms. The maximum atomic E-state index is 13.4. The number of carboxylic acid groups (broad SMARTS) is 1. The first-order valence-corrected chi connectivity index (χ1v) is 7.09. The lowest BCUT2D eigenvalue weighted by atomic mass is 10.2. The second-order valence-electron chi connectivity index (χ2n) is 6.19. The lowest BCUT2D eigenvalue weighted by Gasteiger charge is -2.22. The number of benzene rings is 1. The minimum absolute atomic E-state index is 0.176. The van der Waals surface area contributed by atoms with Crippen molar-refractivity contribution < 1.29 is 28.2 Å². The number of hydrogen-bond donors (Lipinski definition) is 2. The average Bonchev–Trinajstić information content (AvgIpc) is 2.79. The van der Waals surface area contributed by atoms with E-state index >= 15 is 0 Å². The summed E-state index contributed by atoms with van der Waals surface area (Å²) in [5, 5.41) is 11.5. The summed E-state index contributed by atoms with van der Waals surface area (Å²) in [7, 11) is 0. The van der Waals surface area contributed by atoms with Gasteiger partial charge < -0.3 is 19.7 Å². The Balaban J connectivity index is 2.21. The predicted octanol–water partition coefficient (Wildman–Crippen LogP) is 2.29. The van der Waals surface area contributed by atoms with Gasteiger partial charge in [-0.1, -0.05) is 0 Å². The van der Waals surface area contributed by atoms with Crippen molar-refractivity contribution in [2.75, 3.05) is 0 Å². The molecule has 2 aromatic rings. The van der Waals surface area contributed by atoms with Crippen LogP contribution in [-0.2, 0) is 16.1 Å². The van der Waals surface area contributed by atoms with Crippen molar-refractivity contribution in [2.45, 2.75) is 39.0 Å². The fourth-order valence-electron chi connectivity index (χ4n) is 2.03. The molecule has 130 valence electrons. The molecule has 0 aliphatic carbocycles. The summed E-state index contributed by atoms with van der Waals surface area (Å²) in [5.41, 5.74) is -0.392. The minimum Gasteiger partial charge on any atom is -0.480 e. The number of hydrogen-bond acceptors (Lipinski definition) is 4. The number of carboxylic acids is 1. The highest BCUT2D eigenvalue weighted by Crippen LogP contribution is 2.18. The Morgan fingerprint density at radius 2 is 1.96 bits per heavy atom. The second kappa shape index (κ2) is 6.42. The smallest absolute Gasteiger partial charge is 0.408 e. The van der Waals surface area contributed by atoms with Crippen molar-refractivity contribution >= 4 is 23.1 Å². The number of ether oxygens (including phenoxy) is 1. The maximum absolute atomic E-state index is 13.4. The van der Waals surface area contributed by atoms with Crippen LogP contribution in [0.15, 0.2) is 18.5 Å². The van der Waals surface area contributed by atoms with Gasteiger partial charge in [-0.15, -0.1) is 0 Å². The number of rotatable bonds is 4. The molecule has 1 heterocycles. The maximum Gasteiger partial charge on any atom is 0.408 e. The van der Waals surface area contributed by atoms with Gasteiger partial charge in [-0.2, -0.15) is 0 Å². The summed E-state index contributed by atoms with van der Waals surface area (Å²) < 4.78 is 32.9. The number of imidazole rings is 1. The topological polar surface area (TPSA) is 93.5 Å². The molecule has 1 atom stereocenters. The molecule has 0 spiro atoms. The summed E-state index contributed by atoms with van der Waals surface area (Å²) in [6.07, 6.45) is 0.354. The third kappa shape index (κ3) is 4.18. The third-order valence-corrected chi connectivity index (χ3v) is 3.03. The SMILES string of the molecule is CC(C)(C)OC(=O)NC(Cn1cnc2cc(F)c(F)cc21)C(=O)O. The van der Waals surface area contributed by atoms with Crippen LogP contribution < -0.4 is 5.32 Å². The fraction of sp³-hybridized carbons (Fsp3) is 0.400. The largest absolute Gasteiger partial charge is 0.480 e. The number of nitrogens with one attached hydrogen (secondary N) is 1. The molecule has 9 heteroatoms. The number of halogens is 2. The van der Waals surface area contributed by atoms with Gasteiger partial charge in [-0.25, -0.2) is 23.4 Å². The van der Waals surface area contributed by atoms with Gasteiger partial charge in [0.25, 0.3) is 0 Å². The number of carbonyl (C=O) groups excluding carboxylic acids is 1. The van der Waals surface area contributed by atoms with Gasteiger partial charge in [0.05, 0.1) is 23.9 Å². The summed E-state index contributed by atoms with van der Waals surface area (Å²) >= 11 is 0. The number of fused-ring (bicyclic) bond motifs is 1. The van der Waals surface area contributed by atoms with Gasteiger partial charge in [-0.05, 0) is 20.8 Å². The Labute approximate surface area is 136 Å². The van der Waals surface area contributed by atoms with Crippen LogP contribution in [0.4, 0.5) is 13.6 Å². The van der Waals surface area contributed by atoms with E-state index in [9.17, 15) is 23.5 Å². The van der Waals surface area contributed by atoms with E-state index in [2.05, 4.69) is 10.3 Å². The molecule has 0 saturated heterocycles. The van der Waals surface area contributed by atoms with Gasteiger partial charge in [0.1, 0.15) is 11.6 Å². The molecule has 1 aromatic carbocycles. The number of carbonyl (C=O) groups is 2. The highest BCUT2D eigenvalue weighted by Gasteiger charge is 2.25. The molecule has 2 rings (SSSR count). The number of amides is 1. The lowest BCUT2D eigenvalue weighted by molar-refractivity contribution is -0.139. The van der Waals surface area contributed by atoms with Crippen molar-refractivity contribution in [3.05, 3.63) is 30.1 Å². The Morgan fingerprint density at radius 1 is 1.33 bits per heavy atom. The van der Waals surface area contributed by atoms with E-state index in [4.69, 9.17) is 4.74 Å². The van der Waals surface area contributed by atoms with E-state index in [1.54, 1.807) is 20.8 Å². The molecule has 0 fully saturated rings. The average molecular weight is 341 g/mol. The quantitative estimate of drug-likeness (QED) is 0.890. The molecule has 0 radical (unpaired) electrons. The molecule has 0 saturated carbocycles. The first-order valence-electron chi connectivity index (χ1n) is 7.09. The van der Waals surface area contributed by atoms with E-state index in [-0.39, 0.29) is 17.6 Å². The monoisotopic (exact) mass is 341 g/mol. The van der Waals surface area contributed by atoms with Crippen molar-refractivity contribution in [3.63, 3.8) is 0 Å². The molecule has 0 aliphatic heterocycles. The van der Waals surface area contributed by atoms with Crippen LogP contribution in [0.25, 0.3) is 11.0 Å². The van der Waals surface area contributed by atoms with E-state index < -0.39 is 35.3 Å². The number of nitrogens with zero attached hydrogens (tertiary/aromatic N) is 2. The third-order valence-electron chi connectivity index (χ3n) is 3.03. The Hall–Kier alpha value is -2.71. The zero-order chi connectivity index (χ0) is 18.1. The molecule has 1 aromatic heterocycles. The Bertz CT molecular complexity index is 783. The van der Waals surface area contributed by atoms with E-state index in [0.717, 1.165) is 12.1 Å². The first-order chi connectivity index (χ1) is 11.1. The number of alkyl carbamates (subject to hydrolysis) is 1. The van der Waals surface area contributed by atoms with Gasteiger partial charge in [0.15, 0.2) is 11.6 Å². The molecular weight excluding hydrogens is 324 g/mol. The van der Waals surface area contributed by atoms with Crippen LogP contribution in [0.1, 0.15) is 20.8 Å². The zero-order valence-corrected chi connectivity index (χ0v) is 13.3. The van der Waals surface area contributed by atoms with E-state index in [1.165, 1.54) is 10.9 Å². The lowest BCUT2D eigenvalue weighted by Crippen LogP contribution is -2.45. The predicted molar refractivity (Wildman–Crippen MR) is 80.4 cm³/mol. The molecule has 2 N–H and O–H groups in total. The summed E-state index contributed by atoms with van der Waals surface area (Å²) in [4.78, 5) is 27.0. The number of aliphatic carboxylic acids is 1. The van der Waals surface area contributed by atoms with E-state index in [1.807, 2.05) is 0 Å². The molecule has 0 aliphatic rings.